The highest BCUT2D eigenvalue weighted by Gasteiger charge is 2.29. The van der Waals surface area contributed by atoms with Crippen LogP contribution in [0.3, 0.4) is 0 Å². The summed E-state index contributed by atoms with van der Waals surface area (Å²) in [5.74, 6) is 1.00. The van der Waals surface area contributed by atoms with E-state index < -0.39 is 0 Å². The van der Waals surface area contributed by atoms with Gasteiger partial charge in [0.2, 0.25) is 5.91 Å². The van der Waals surface area contributed by atoms with E-state index in [1.54, 1.807) is 7.11 Å². The number of aromatic amines is 1. The van der Waals surface area contributed by atoms with Crippen molar-refractivity contribution in [1.82, 2.24) is 9.88 Å². The molecule has 0 spiro atoms. The minimum atomic E-state index is 0.186. The maximum absolute atomic E-state index is 12.2. The highest BCUT2D eigenvalue weighted by Crippen LogP contribution is 2.27. The zero-order valence-electron chi connectivity index (χ0n) is 11.3. The van der Waals surface area contributed by atoms with Crippen LogP contribution in [-0.2, 0) is 11.2 Å². The molecule has 1 amide bonds. The number of nitrogens with one attached hydrogen (secondary N) is 1. The molecule has 3 rings (SSSR count). The lowest BCUT2D eigenvalue weighted by atomic mass is 10.1. The number of H-pyrrole nitrogens is 1. The Hall–Kier alpha value is -1.97. The van der Waals surface area contributed by atoms with Crippen LogP contribution in [0.25, 0.3) is 10.9 Å². The van der Waals surface area contributed by atoms with Gasteiger partial charge in [0.05, 0.1) is 13.5 Å². The van der Waals surface area contributed by atoms with Gasteiger partial charge in [0.25, 0.3) is 0 Å². The average Bonchev–Trinajstić information content (AvgIpc) is 3.21. The van der Waals surface area contributed by atoms with E-state index in [1.807, 2.05) is 36.3 Å². The van der Waals surface area contributed by atoms with Crippen LogP contribution in [0.5, 0.6) is 5.75 Å². The van der Waals surface area contributed by atoms with Gasteiger partial charge in [0.1, 0.15) is 5.75 Å². The van der Waals surface area contributed by atoms with Crippen molar-refractivity contribution in [3.8, 4) is 5.75 Å². The number of hydrogen-bond acceptors (Lipinski definition) is 2. The summed E-state index contributed by atoms with van der Waals surface area (Å²) in [5.41, 5.74) is 2.07. The van der Waals surface area contributed by atoms with Gasteiger partial charge in [0.15, 0.2) is 0 Å². The molecule has 0 aliphatic heterocycles. The molecule has 1 heterocycles. The highest BCUT2D eigenvalue weighted by molar-refractivity contribution is 5.89. The maximum atomic E-state index is 12.2. The minimum absolute atomic E-state index is 0.186. The molecule has 0 unspecified atom stereocenters. The number of amides is 1. The van der Waals surface area contributed by atoms with E-state index in [-0.39, 0.29) is 5.91 Å². The minimum Gasteiger partial charge on any atom is -0.497 e. The molecule has 2 aromatic rings. The molecule has 0 saturated heterocycles. The fraction of sp³-hybridized carbons (Fsp3) is 0.400. The number of benzene rings is 1. The van der Waals surface area contributed by atoms with Gasteiger partial charge >= 0.3 is 0 Å². The van der Waals surface area contributed by atoms with Crippen LogP contribution in [0.4, 0.5) is 0 Å². The van der Waals surface area contributed by atoms with E-state index in [4.69, 9.17) is 4.74 Å². The Morgan fingerprint density at radius 2 is 2.26 bits per heavy atom. The van der Waals surface area contributed by atoms with Crippen LogP contribution < -0.4 is 4.74 Å². The number of methoxy groups -OCH3 is 1. The number of likely N-dealkylation sites (N-methyl/N-ethyl adjacent to an activating group) is 1. The first-order valence-electron chi connectivity index (χ1n) is 6.58. The Bertz CT molecular complexity index is 614. The second-order valence-electron chi connectivity index (χ2n) is 5.14. The van der Waals surface area contributed by atoms with Crippen molar-refractivity contribution in [3.05, 3.63) is 30.0 Å². The Morgan fingerprint density at radius 3 is 2.95 bits per heavy atom. The lowest BCUT2D eigenvalue weighted by Gasteiger charge is -2.15. The summed E-state index contributed by atoms with van der Waals surface area (Å²) in [6.45, 7) is 0. The third-order valence-corrected chi connectivity index (χ3v) is 3.80. The largest absolute Gasteiger partial charge is 0.497 e. The van der Waals surface area contributed by atoms with E-state index in [2.05, 4.69) is 4.98 Å². The van der Waals surface area contributed by atoms with E-state index in [0.717, 1.165) is 35.1 Å². The van der Waals surface area contributed by atoms with Gasteiger partial charge in [-0.3, -0.25) is 4.79 Å². The molecule has 19 heavy (non-hydrogen) atoms. The van der Waals surface area contributed by atoms with Crippen molar-refractivity contribution in [2.45, 2.75) is 25.3 Å². The molecule has 1 saturated carbocycles. The van der Waals surface area contributed by atoms with Crippen molar-refractivity contribution in [3.63, 3.8) is 0 Å². The van der Waals surface area contributed by atoms with Gasteiger partial charge in [-0.15, -0.1) is 0 Å². The quantitative estimate of drug-likeness (QED) is 0.915. The SMILES string of the molecule is COc1ccc2[nH]cc(CC(=O)N(C)C3CC3)c2c1. The molecule has 0 radical (unpaired) electrons. The summed E-state index contributed by atoms with van der Waals surface area (Å²) >= 11 is 0. The Morgan fingerprint density at radius 1 is 1.47 bits per heavy atom. The van der Waals surface area contributed by atoms with Crippen molar-refractivity contribution < 1.29 is 9.53 Å². The number of carbonyl (C=O) groups is 1. The number of ether oxygens (including phenoxy) is 1. The summed E-state index contributed by atoms with van der Waals surface area (Å²) in [7, 11) is 3.55. The van der Waals surface area contributed by atoms with Crippen molar-refractivity contribution >= 4 is 16.8 Å². The number of fused-ring (bicyclic) bond motifs is 1. The van der Waals surface area contributed by atoms with Crippen molar-refractivity contribution in [2.24, 2.45) is 0 Å². The summed E-state index contributed by atoms with van der Waals surface area (Å²) in [4.78, 5) is 17.2. The number of carbonyl (C=O) groups excluding carboxylic acids is 1. The number of hydrogen-bond donors (Lipinski definition) is 1. The number of rotatable bonds is 4. The van der Waals surface area contributed by atoms with Crippen molar-refractivity contribution in [2.75, 3.05) is 14.2 Å². The Kier molecular flexibility index (Phi) is 2.93. The molecule has 1 aliphatic rings. The predicted molar refractivity (Wildman–Crippen MR) is 74.3 cm³/mol. The molecule has 4 heteroatoms. The van der Waals surface area contributed by atoms with Crippen LogP contribution in [0, 0.1) is 0 Å². The molecule has 1 aromatic heterocycles. The molecule has 1 N–H and O–H groups in total. The first kappa shape index (κ1) is 12.1. The lowest BCUT2D eigenvalue weighted by molar-refractivity contribution is -0.129. The fourth-order valence-electron chi connectivity index (χ4n) is 2.38. The predicted octanol–water partition coefficient (Wildman–Crippen LogP) is 2.34. The first-order valence-corrected chi connectivity index (χ1v) is 6.58. The fourth-order valence-corrected chi connectivity index (χ4v) is 2.38. The monoisotopic (exact) mass is 258 g/mol. The summed E-state index contributed by atoms with van der Waals surface area (Å²) < 4.78 is 5.24. The van der Waals surface area contributed by atoms with Crippen LogP contribution in [0.1, 0.15) is 18.4 Å². The zero-order chi connectivity index (χ0) is 13.4. The van der Waals surface area contributed by atoms with E-state index in [1.165, 1.54) is 0 Å². The standard InChI is InChI=1S/C15H18N2O2/c1-17(11-3-4-11)15(18)7-10-9-16-14-6-5-12(19-2)8-13(10)14/h5-6,8-9,11,16H,3-4,7H2,1-2H3. The third-order valence-electron chi connectivity index (χ3n) is 3.80. The summed E-state index contributed by atoms with van der Waals surface area (Å²) in [5, 5.41) is 1.07. The van der Waals surface area contributed by atoms with Crippen LogP contribution >= 0.6 is 0 Å². The van der Waals surface area contributed by atoms with E-state index in [0.29, 0.717) is 12.5 Å². The molecule has 0 atom stereocenters. The van der Waals surface area contributed by atoms with Gasteiger partial charge in [-0.25, -0.2) is 0 Å². The maximum Gasteiger partial charge on any atom is 0.227 e. The number of aromatic nitrogens is 1. The Balaban J connectivity index is 1.85. The lowest BCUT2D eigenvalue weighted by Crippen LogP contribution is -2.30. The topological polar surface area (TPSA) is 45.3 Å². The summed E-state index contributed by atoms with van der Waals surface area (Å²) in [6, 6.07) is 6.34. The summed E-state index contributed by atoms with van der Waals surface area (Å²) in [6.07, 6.45) is 4.65. The van der Waals surface area contributed by atoms with E-state index in [9.17, 15) is 4.79 Å². The average molecular weight is 258 g/mol. The van der Waals surface area contributed by atoms with Crippen molar-refractivity contribution in [1.29, 1.82) is 0 Å². The Labute approximate surface area is 112 Å². The van der Waals surface area contributed by atoms with Gasteiger partial charge in [-0.1, -0.05) is 0 Å². The third kappa shape index (κ3) is 2.30. The normalized spacial score (nSPS) is 14.6. The van der Waals surface area contributed by atoms with Gasteiger partial charge < -0.3 is 14.6 Å². The molecule has 100 valence electrons. The molecular weight excluding hydrogens is 240 g/mol. The molecule has 1 fully saturated rings. The molecular formula is C15H18N2O2. The van der Waals surface area contributed by atoms with Crippen LogP contribution in [0.2, 0.25) is 0 Å². The molecule has 4 nitrogen and oxygen atoms in total. The molecule has 1 aromatic carbocycles. The first-order chi connectivity index (χ1) is 9.19. The van der Waals surface area contributed by atoms with Gasteiger partial charge in [-0.2, -0.15) is 0 Å². The number of nitrogens with zero attached hydrogens (tertiary/aromatic N) is 1. The highest BCUT2D eigenvalue weighted by atomic mass is 16.5. The van der Waals surface area contributed by atoms with Gasteiger partial charge in [0, 0.05) is 30.2 Å². The smallest absolute Gasteiger partial charge is 0.227 e. The zero-order valence-corrected chi connectivity index (χ0v) is 11.3. The van der Waals surface area contributed by atoms with Crippen LogP contribution in [-0.4, -0.2) is 36.0 Å². The molecule has 0 bridgehead atoms. The second kappa shape index (κ2) is 4.61. The second-order valence-corrected chi connectivity index (χ2v) is 5.14. The van der Waals surface area contributed by atoms with Gasteiger partial charge in [-0.05, 0) is 36.6 Å². The molecule has 1 aliphatic carbocycles. The van der Waals surface area contributed by atoms with E-state index >= 15 is 0 Å². The van der Waals surface area contributed by atoms with Crippen LogP contribution in [0.15, 0.2) is 24.4 Å².